The number of Topliss-reactive ketones (excluding diaryl/α,β-unsaturated/α-hetero) is 1. The van der Waals surface area contributed by atoms with Crippen molar-refractivity contribution in [3.8, 4) is 16.9 Å². The molecule has 0 bridgehead atoms. The number of aliphatic carboxylic acids is 1. The fraction of sp³-hybridized carbons (Fsp3) is 0.417. The summed E-state index contributed by atoms with van der Waals surface area (Å²) in [6.45, 7) is 2.05. The van der Waals surface area contributed by atoms with Gasteiger partial charge in [0, 0.05) is 25.4 Å². The average molecular weight is 449 g/mol. The molecule has 0 amide bonds. The molecule has 32 heavy (non-hydrogen) atoms. The standard InChI is InChI=1S/C24H26F3NO4/c1-14(23(30)31)16-9-17(12-20(11-16)32-2)21-6-5-19(24(25,26)27)10-18(21)13-28-8-7-22(29)15-3-4-15/h5-6,9-12,14-15,28H,3-4,7-8,13H2,1-2H3,(H,30,31)/t14-/m1/s1. The highest BCUT2D eigenvalue weighted by Crippen LogP contribution is 2.36. The molecule has 0 saturated heterocycles. The molecular weight excluding hydrogens is 423 g/mol. The summed E-state index contributed by atoms with van der Waals surface area (Å²) >= 11 is 0. The van der Waals surface area contributed by atoms with E-state index < -0.39 is 23.6 Å². The lowest BCUT2D eigenvalue weighted by Gasteiger charge is -2.17. The second-order valence-electron chi connectivity index (χ2n) is 8.09. The summed E-state index contributed by atoms with van der Waals surface area (Å²) in [5.41, 5.74) is 1.22. The molecule has 8 heteroatoms. The van der Waals surface area contributed by atoms with E-state index in [2.05, 4.69) is 5.32 Å². The van der Waals surface area contributed by atoms with E-state index in [-0.39, 0.29) is 18.2 Å². The van der Waals surface area contributed by atoms with Crippen LogP contribution in [0.5, 0.6) is 5.75 Å². The maximum Gasteiger partial charge on any atom is 0.416 e. The summed E-state index contributed by atoms with van der Waals surface area (Å²) in [4.78, 5) is 23.3. The number of ether oxygens (including phenoxy) is 1. The summed E-state index contributed by atoms with van der Waals surface area (Å²) in [6.07, 6.45) is -2.31. The number of benzene rings is 2. The van der Waals surface area contributed by atoms with Gasteiger partial charge in [-0.3, -0.25) is 9.59 Å². The second-order valence-corrected chi connectivity index (χ2v) is 8.09. The molecule has 1 atom stereocenters. The largest absolute Gasteiger partial charge is 0.497 e. The number of ketones is 1. The van der Waals surface area contributed by atoms with Gasteiger partial charge in [-0.15, -0.1) is 0 Å². The predicted molar refractivity (Wildman–Crippen MR) is 114 cm³/mol. The number of nitrogens with one attached hydrogen (secondary N) is 1. The molecular formula is C24H26F3NO4. The number of alkyl halides is 3. The monoisotopic (exact) mass is 449 g/mol. The zero-order chi connectivity index (χ0) is 23.5. The molecule has 0 heterocycles. The molecule has 5 nitrogen and oxygen atoms in total. The number of carboxylic acid groups (broad SMARTS) is 1. The summed E-state index contributed by atoms with van der Waals surface area (Å²) in [6, 6.07) is 8.41. The Morgan fingerprint density at radius 3 is 2.50 bits per heavy atom. The fourth-order valence-electron chi connectivity index (χ4n) is 3.53. The normalized spacial score (nSPS) is 14.8. The Labute approximate surface area is 184 Å². The Balaban J connectivity index is 1.92. The number of rotatable bonds is 10. The van der Waals surface area contributed by atoms with Crippen LogP contribution >= 0.6 is 0 Å². The van der Waals surface area contributed by atoms with Crippen molar-refractivity contribution in [3.05, 3.63) is 53.1 Å². The van der Waals surface area contributed by atoms with Crippen molar-refractivity contribution < 1.29 is 32.6 Å². The van der Waals surface area contributed by atoms with Gasteiger partial charge >= 0.3 is 12.1 Å². The Morgan fingerprint density at radius 1 is 1.19 bits per heavy atom. The number of hydrogen-bond acceptors (Lipinski definition) is 4. The van der Waals surface area contributed by atoms with E-state index in [0.717, 1.165) is 25.0 Å². The fourth-order valence-corrected chi connectivity index (χ4v) is 3.53. The first-order valence-corrected chi connectivity index (χ1v) is 10.5. The Bertz CT molecular complexity index is 999. The van der Waals surface area contributed by atoms with Crippen LogP contribution in [0.15, 0.2) is 36.4 Å². The first-order valence-electron chi connectivity index (χ1n) is 10.5. The molecule has 2 aromatic carbocycles. The van der Waals surface area contributed by atoms with Crippen LogP contribution in [0.3, 0.4) is 0 Å². The molecule has 1 fully saturated rings. The molecule has 0 spiro atoms. The highest BCUT2D eigenvalue weighted by Gasteiger charge is 2.31. The lowest BCUT2D eigenvalue weighted by atomic mass is 9.92. The number of carbonyl (C=O) groups is 2. The van der Waals surface area contributed by atoms with E-state index in [1.807, 2.05) is 0 Å². The minimum atomic E-state index is -4.49. The first kappa shape index (κ1) is 23.8. The number of hydrogen-bond donors (Lipinski definition) is 2. The lowest BCUT2D eigenvalue weighted by molar-refractivity contribution is -0.139. The van der Waals surface area contributed by atoms with Gasteiger partial charge in [0.1, 0.15) is 11.5 Å². The molecule has 1 saturated carbocycles. The quantitative estimate of drug-likeness (QED) is 0.498. The van der Waals surface area contributed by atoms with Gasteiger partial charge in [-0.2, -0.15) is 13.2 Å². The highest BCUT2D eigenvalue weighted by atomic mass is 19.4. The Kier molecular flexibility index (Phi) is 7.23. The van der Waals surface area contributed by atoms with Gasteiger partial charge in [0.05, 0.1) is 18.6 Å². The third-order valence-electron chi connectivity index (χ3n) is 5.67. The molecule has 0 aromatic heterocycles. The smallest absolute Gasteiger partial charge is 0.416 e. The van der Waals surface area contributed by atoms with Gasteiger partial charge in [-0.25, -0.2) is 0 Å². The van der Waals surface area contributed by atoms with Gasteiger partial charge in [0.2, 0.25) is 0 Å². The molecule has 0 unspecified atom stereocenters. The molecule has 0 aliphatic heterocycles. The van der Waals surface area contributed by atoms with Crippen molar-refractivity contribution in [1.29, 1.82) is 0 Å². The van der Waals surface area contributed by atoms with Gasteiger partial charge in [0.25, 0.3) is 0 Å². The molecule has 3 rings (SSSR count). The van der Waals surface area contributed by atoms with Gasteiger partial charge in [-0.1, -0.05) is 12.1 Å². The van der Waals surface area contributed by atoms with E-state index in [4.69, 9.17) is 4.74 Å². The van der Waals surface area contributed by atoms with E-state index in [9.17, 15) is 27.9 Å². The Morgan fingerprint density at radius 2 is 1.91 bits per heavy atom. The van der Waals surface area contributed by atoms with E-state index in [1.165, 1.54) is 20.1 Å². The zero-order valence-electron chi connectivity index (χ0n) is 18.0. The van der Waals surface area contributed by atoms with Crippen LogP contribution in [0.2, 0.25) is 0 Å². The van der Waals surface area contributed by atoms with Crippen molar-refractivity contribution in [2.24, 2.45) is 5.92 Å². The minimum Gasteiger partial charge on any atom is -0.497 e. The molecule has 2 aromatic rings. The average Bonchev–Trinajstić information content (AvgIpc) is 3.60. The van der Waals surface area contributed by atoms with E-state index >= 15 is 0 Å². The lowest BCUT2D eigenvalue weighted by Crippen LogP contribution is -2.19. The van der Waals surface area contributed by atoms with E-state index in [1.54, 1.807) is 18.2 Å². The highest BCUT2D eigenvalue weighted by molar-refractivity contribution is 5.83. The third kappa shape index (κ3) is 5.88. The minimum absolute atomic E-state index is 0.137. The number of methoxy groups -OCH3 is 1. The maximum atomic E-state index is 13.3. The zero-order valence-corrected chi connectivity index (χ0v) is 18.0. The maximum absolute atomic E-state index is 13.3. The SMILES string of the molecule is COc1cc(-c2ccc(C(F)(F)F)cc2CNCCC(=O)C2CC2)cc([C@@H](C)C(=O)O)c1. The molecule has 0 radical (unpaired) electrons. The van der Waals surface area contributed by atoms with Crippen molar-refractivity contribution >= 4 is 11.8 Å². The molecule has 172 valence electrons. The third-order valence-corrected chi connectivity index (χ3v) is 5.67. The van der Waals surface area contributed by atoms with Crippen LogP contribution in [0, 0.1) is 5.92 Å². The van der Waals surface area contributed by atoms with Crippen molar-refractivity contribution in [3.63, 3.8) is 0 Å². The van der Waals surface area contributed by atoms with Crippen LogP contribution in [0.1, 0.15) is 48.8 Å². The van der Waals surface area contributed by atoms with Crippen LogP contribution in [0.4, 0.5) is 13.2 Å². The van der Waals surface area contributed by atoms with Crippen molar-refractivity contribution in [2.75, 3.05) is 13.7 Å². The molecule has 1 aliphatic carbocycles. The number of halogens is 3. The Hall–Kier alpha value is -2.87. The van der Waals surface area contributed by atoms with Gasteiger partial charge < -0.3 is 15.2 Å². The summed E-state index contributed by atoms with van der Waals surface area (Å²) in [5.74, 6) is -1.08. The second kappa shape index (κ2) is 9.73. The van der Waals surface area contributed by atoms with Gasteiger partial charge in [-0.05, 0) is 66.3 Å². The predicted octanol–water partition coefficient (Wildman–Crippen LogP) is 5.03. The van der Waals surface area contributed by atoms with E-state index in [0.29, 0.717) is 41.0 Å². The number of carboxylic acids is 1. The topological polar surface area (TPSA) is 75.6 Å². The van der Waals surface area contributed by atoms with Crippen LogP contribution in [-0.4, -0.2) is 30.5 Å². The summed E-state index contributed by atoms with van der Waals surface area (Å²) < 4.78 is 45.2. The van der Waals surface area contributed by atoms with Crippen LogP contribution < -0.4 is 10.1 Å². The van der Waals surface area contributed by atoms with Gasteiger partial charge in [0.15, 0.2) is 0 Å². The molecule has 2 N–H and O–H groups in total. The summed E-state index contributed by atoms with van der Waals surface area (Å²) in [7, 11) is 1.44. The summed E-state index contributed by atoms with van der Waals surface area (Å²) in [5, 5.41) is 12.4. The van der Waals surface area contributed by atoms with Crippen LogP contribution in [-0.2, 0) is 22.3 Å². The first-order chi connectivity index (χ1) is 15.1. The van der Waals surface area contributed by atoms with Crippen molar-refractivity contribution in [2.45, 2.75) is 44.8 Å². The molecule has 1 aliphatic rings. The van der Waals surface area contributed by atoms with Crippen LogP contribution in [0.25, 0.3) is 11.1 Å². The number of carbonyl (C=O) groups excluding carboxylic acids is 1. The van der Waals surface area contributed by atoms with Crippen molar-refractivity contribution in [1.82, 2.24) is 5.32 Å².